The van der Waals surface area contributed by atoms with Gasteiger partial charge in [0.2, 0.25) is 5.91 Å². The van der Waals surface area contributed by atoms with Crippen molar-refractivity contribution in [3.05, 3.63) is 68.1 Å². The molecule has 2 rings (SSSR count). The number of halogens is 4. The molecule has 2 aromatic rings. The minimum absolute atomic E-state index is 0.111. The van der Waals surface area contributed by atoms with Gasteiger partial charge in [-0.3, -0.25) is 4.79 Å². The molecule has 0 saturated heterocycles. The Kier molecular flexibility index (Phi) is 8.34. The van der Waals surface area contributed by atoms with Gasteiger partial charge in [0.05, 0.1) is 12.1 Å². The summed E-state index contributed by atoms with van der Waals surface area (Å²) in [4.78, 5) is 11.5. The summed E-state index contributed by atoms with van der Waals surface area (Å²) in [6.07, 6.45) is -0.824. The number of benzene rings is 2. The molecule has 0 aliphatic heterocycles. The van der Waals surface area contributed by atoms with Gasteiger partial charge in [0.25, 0.3) is 0 Å². The second-order valence-corrected chi connectivity index (χ2v) is 8.10. The third-order valence-electron chi connectivity index (χ3n) is 3.84. The van der Waals surface area contributed by atoms with E-state index in [4.69, 9.17) is 0 Å². The highest BCUT2D eigenvalue weighted by molar-refractivity contribution is 9.11. The average molecular weight is 506 g/mol. The smallest absolute Gasteiger partial charge is 0.217 e. The van der Waals surface area contributed by atoms with Crippen LogP contribution in [0.15, 0.2) is 45.3 Å². The Bertz CT molecular complexity index is 765. The molecular weight excluding hydrogens is 486 g/mol. The number of carbonyl (C=O) groups excluding carboxylic acids is 1. The van der Waals surface area contributed by atoms with E-state index in [0.717, 1.165) is 20.6 Å². The van der Waals surface area contributed by atoms with Crippen LogP contribution in [-0.4, -0.2) is 29.7 Å². The van der Waals surface area contributed by atoms with Gasteiger partial charge in [-0.15, -0.1) is 0 Å². The van der Waals surface area contributed by atoms with Crippen molar-refractivity contribution in [2.24, 2.45) is 0 Å². The van der Waals surface area contributed by atoms with Crippen molar-refractivity contribution in [2.75, 3.05) is 6.54 Å². The standard InChI is InChI=1S/C19H20Br2F2N2O2/c1-11(26)25-18(6-12-4-16(22)8-17(23)5-12)19(27)10-24-9-13-2-14(20)7-15(21)3-13/h2-5,7-8,18-19,24,27H,6,9-10H2,1H3,(H,25,26)/t18-,19+/m0/s1. The minimum atomic E-state index is -0.934. The fraction of sp³-hybridized carbons (Fsp3) is 0.316. The van der Waals surface area contributed by atoms with Crippen molar-refractivity contribution >= 4 is 37.8 Å². The highest BCUT2D eigenvalue weighted by Crippen LogP contribution is 2.20. The zero-order valence-electron chi connectivity index (χ0n) is 14.6. The van der Waals surface area contributed by atoms with E-state index < -0.39 is 23.8 Å². The van der Waals surface area contributed by atoms with Gasteiger partial charge in [-0.05, 0) is 47.9 Å². The van der Waals surface area contributed by atoms with E-state index in [-0.39, 0.29) is 18.9 Å². The summed E-state index contributed by atoms with van der Waals surface area (Å²) in [7, 11) is 0. The molecule has 0 aliphatic rings. The molecule has 27 heavy (non-hydrogen) atoms. The number of aliphatic hydroxyl groups excluding tert-OH is 1. The largest absolute Gasteiger partial charge is 0.390 e. The third-order valence-corrected chi connectivity index (χ3v) is 4.75. The van der Waals surface area contributed by atoms with Crippen molar-refractivity contribution in [1.29, 1.82) is 0 Å². The number of amides is 1. The van der Waals surface area contributed by atoms with Crippen LogP contribution in [-0.2, 0) is 17.8 Å². The van der Waals surface area contributed by atoms with Gasteiger partial charge < -0.3 is 15.7 Å². The first kappa shape index (κ1) is 21.9. The van der Waals surface area contributed by atoms with Crippen molar-refractivity contribution in [3.8, 4) is 0 Å². The zero-order chi connectivity index (χ0) is 20.0. The number of aliphatic hydroxyl groups is 1. The van der Waals surface area contributed by atoms with E-state index >= 15 is 0 Å². The highest BCUT2D eigenvalue weighted by atomic mass is 79.9. The Morgan fingerprint density at radius 1 is 1.04 bits per heavy atom. The van der Waals surface area contributed by atoms with Gasteiger partial charge in [-0.1, -0.05) is 31.9 Å². The molecule has 0 aromatic heterocycles. The van der Waals surface area contributed by atoms with Gasteiger partial charge in [0.1, 0.15) is 11.6 Å². The lowest BCUT2D eigenvalue weighted by atomic mass is 10.0. The van der Waals surface area contributed by atoms with Crippen LogP contribution in [0.3, 0.4) is 0 Å². The molecule has 0 fully saturated rings. The Morgan fingerprint density at radius 2 is 1.63 bits per heavy atom. The first-order valence-electron chi connectivity index (χ1n) is 8.29. The normalized spacial score (nSPS) is 13.3. The predicted molar refractivity (Wildman–Crippen MR) is 107 cm³/mol. The maximum atomic E-state index is 13.4. The highest BCUT2D eigenvalue weighted by Gasteiger charge is 2.21. The van der Waals surface area contributed by atoms with E-state index in [9.17, 15) is 18.7 Å². The third kappa shape index (κ3) is 7.65. The van der Waals surface area contributed by atoms with Crippen LogP contribution in [0.1, 0.15) is 18.1 Å². The van der Waals surface area contributed by atoms with Crippen LogP contribution < -0.4 is 10.6 Å². The molecule has 0 bridgehead atoms. The van der Waals surface area contributed by atoms with E-state index in [1.807, 2.05) is 18.2 Å². The molecule has 1 amide bonds. The first-order valence-corrected chi connectivity index (χ1v) is 9.87. The monoisotopic (exact) mass is 504 g/mol. The summed E-state index contributed by atoms with van der Waals surface area (Å²) in [6.45, 7) is 2.04. The summed E-state index contributed by atoms with van der Waals surface area (Å²) < 4.78 is 28.6. The lowest BCUT2D eigenvalue weighted by Crippen LogP contribution is -2.48. The van der Waals surface area contributed by atoms with Crippen molar-refractivity contribution < 1.29 is 18.7 Å². The topological polar surface area (TPSA) is 61.4 Å². The lowest BCUT2D eigenvalue weighted by Gasteiger charge is -2.24. The van der Waals surface area contributed by atoms with Gasteiger partial charge in [-0.25, -0.2) is 8.78 Å². The van der Waals surface area contributed by atoms with Crippen molar-refractivity contribution in [2.45, 2.75) is 32.0 Å². The van der Waals surface area contributed by atoms with Crippen LogP contribution in [0.2, 0.25) is 0 Å². The van der Waals surface area contributed by atoms with E-state index in [0.29, 0.717) is 12.1 Å². The fourth-order valence-electron chi connectivity index (χ4n) is 2.75. The number of hydrogen-bond donors (Lipinski definition) is 3. The molecule has 2 atom stereocenters. The van der Waals surface area contributed by atoms with Gasteiger partial charge in [-0.2, -0.15) is 0 Å². The molecule has 8 heteroatoms. The second-order valence-electron chi connectivity index (χ2n) is 6.26. The average Bonchev–Trinajstić information content (AvgIpc) is 2.51. The predicted octanol–water partition coefficient (Wildman–Crippen LogP) is 3.69. The van der Waals surface area contributed by atoms with E-state index in [1.54, 1.807) is 0 Å². The molecular formula is C19H20Br2F2N2O2. The number of nitrogens with one attached hydrogen (secondary N) is 2. The Labute approximate surface area is 173 Å². The van der Waals surface area contributed by atoms with Crippen LogP contribution in [0.5, 0.6) is 0 Å². The van der Waals surface area contributed by atoms with E-state index in [2.05, 4.69) is 42.5 Å². The molecule has 0 unspecified atom stereocenters. The van der Waals surface area contributed by atoms with Crippen LogP contribution in [0.4, 0.5) is 8.78 Å². The van der Waals surface area contributed by atoms with Crippen molar-refractivity contribution in [3.63, 3.8) is 0 Å². The number of rotatable bonds is 8. The quantitative estimate of drug-likeness (QED) is 0.512. The summed E-state index contributed by atoms with van der Waals surface area (Å²) in [5.74, 6) is -1.72. The Hall–Kier alpha value is -1.35. The molecule has 0 saturated carbocycles. The Morgan fingerprint density at radius 3 is 2.19 bits per heavy atom. The lowest BCUT2D eigenvalue weighted by molar-refractivity contribution is -0.120. The molecule has 146 valence electrons. The first-order chi connectivity index (χ1) is 12.7. The number of hydrogen-bond acceptors (Lipinski definition) is 3. The van der Waals surface area contributed by atoms with Gasteiger partial charge in [0, 0.05) is 35.0 Å². The number of carbonyl (C=O) groups is 1. The molecule has 0 aliphatic carbocycles. The zero-order valence-corrected chi connectivity index (χ0v) is 17.8. The summed E-state index contributed by atoms with van der Waals surface area (Å²) in [5.41, 5.74) is 1.37. The second kappa shape index (κ2) is 10.3. The molecule has 3 N–H and O–H groups in total. The molecule has 0 radical (unpaired) electrons. The van der Waals surface area contributed by atoms with Gasteiger partial charge >= 0.3 is 0 Å². The molecule has 0 spiro atoms. The maximum Gasteiger partial charge on any atom is 0.217 e. The molecule has 4 nitrogen and oxygen atoms in total. The van der Waals surface area contributed by atoms with Crippen molar-refractivity contribution in [1.82, 2.24) is 10.6 Å². The van der Waals surface area contributed by atoms with Gasteiger partial charge in [0.15, 0.2) is 0 Å². The summed E-state index contributed by atoms with van der Waals surface area (Å²) in [5, 5.41) is 16.2. The summed E-state index contributed by atoms with van der Waals surface area (Å²) in [6, 6.07) is 8.31. The van der Waals surface area contributed by atoms with E-state index in [1.165, 1.54) is 19.1 Å². The SMILES string of the molecule is CC(=O)N[C@@H](Cc1cc(F)cc(F)c1)[C@H](O)CNCc1cc(Br)cc(Br)c1. The molecule has 2 aromatic carbocycles. The Balaban J connectivity index is 1.99. The minimum Gasteiger partial charge on any atom is -0.390 e. The summed E-state index contributed by atoms with van der Waals surface area (Å²) >= 11 is 6.83. The maximum absolute atomic E-state index is 13.4. The van der Waals surface area contributed by atoms with Crippen LogP contribution in [0.25, 0.3) is 0 Å². The van der Waals surface area contributed by atoms with Crippen LogP contribution >= 0.6 is 31.9 Å². The molecule has 0 heterocycles. The van der Waals surface area contributed by atoms with Crippen LogP contribution in [0, 0.1) is 11.6 Å². The fourth-order valence-corrected chi connectivity index (χ4v) is 4.14.